The third kappa shape index (κ3) is 4.54. The Morgan fingerprint density at radius 2 is 2.13 bits per heavy atom. The van der Waals surface area contributed by atoms with Gasteiger partial charge in [-0.1, -0.05) is 31.5 Å². The molecule has 84 valence electrons. The van der Waals surface area contributed by atoms with E-state index in [1.165, 1.54) is 0 Å². The highest BCUT2D eigenvalue weighted by atomic mass is 35.5. The van der Waals surface area contributed by atoms with E-state index in [9.17, 15) is 0 Å². The molecule has 0 radical (unpaired) electrons. The summed E-state index contributed by atoms with van der Waals surface area (Å²) in [6.07, 6.45) is 0. The summed E-state index contributed by atoms with van der Waals surface area (Å²) in [5.41, 5.74) is 1.15. The van der Waals surface area contributed by atoms with E-state index in [-0.39, 0.29) is 0 Å². The molecule has 15 heavy (non-hydrogen) atoms. The van der Waals surface area contributed by atoms with E-state index in [2.05, 4.69) is 19.2 Å². The van der Waals surface area contributed by atoms with Gasteiger partial charge in [-0.05, 0) is 24.6 Å². The number of hydrogen-bond acceptors (Lipinski definition) is 2. The first kappa shape index (κ1) is 12.3. The summed E-state index contributed by atoms with van der Waals surface area (Å²) in [6.45, 7) is 7.70. The molecule has 1 aromatic rings. The molecule has 0 unspecified atom stereocenters. The van der Waals surface area contributed by atoms with Gasteiger partial charge in [-0.15, -0.1) is 0 Å². The fraction of sp³-hybridized carbons (Fsp3) is 0.500. The minimum absolute atomic E-state index is 0.488. The van der Waals surface area contributed by atoms with Gasteiger partial charge in [0.25, 0.3) is 0 Å². The van der Waals surface area contributed by atoms with Crippen molar-refractivity contribution in [1.82, 2.24) is 5.32 Å². The van der Waals surface area contributed by atoms with Gasteiger partial charge >= 0.3 is 0 Å². The van der Waals surface area contributed by atoms with Crippen molar-refractivity contribution in [3.63, 3.8) is 0 Å². The molecule has 0 aromatic heterocycles. The van der Waals surface area contributed by atoms with Gasteiger partial charge < -0.3 is 10.1 Å². The van der Waals surface area contributed by atoms with Crippen LogP contribution in [0.4, 0.5) is 0 Å². The Bertz CT molecular complexity index is 312. The first-order valence-corrected chi connectivity index (χ1v) is 5.59. The van der Waals surface area contributed by atoms with Crippen LogP contribution < -0.4 is 10.1 Å². The van der Waals surface area contributed by atoms with E-state index in [0.29, 0.717) is 17.7 Å². The van der Waals surface area contributed by atoms with Crippen LogP contribution in [-0.2, 0) is 0 Å². The van der Waals surface area contributed by atoms with Crippen molar-refractivity contribution in [1.29, 1.82) is 0 Å². The van der Waals surface area contributed by atoms with Crippen LogP contribution in [0.15, 0.2) is 18.2 Å². The lowest BCUT2D eigenvalue weighted by molar-refractivity contribution is 0.309. The molecule has 0 aliphatic heterocycles. The predicted molar refractivity (Wildman–Crippen MR) is 64.8 cm³/mol. The van der Waals surface area contributed by atoms with Gasteiger partial charge in [0, 0.05) is 12.6 Å². The van der Waals surface area contributed by atoms with Crippen LogP contribution in [0.5, 0.6) is 5.75 Å². The molecule has 0 aliphatic rings. The number of nitrogens with one attached hydrogen (secondary N) is 1. The second-order valence-electron chi connectivity index (χ2n) is 3.89. The lowest BCUT2D eigenvalue weighted by Gasteiger charge is -2.10. The third-order valence-corrected chi connectivity index (χ3v) is 2.29. The molecule has 0 heterocycles. The van der Waals surface area contributed by atoms with E-state index >= 15 is 0 Å². The topological polar surface area (TPSA) is 21.3 Å². The standard InChI is InChI=1S/C12H18ClNO/c1-9(2)14-6-7-15-12-5-4-10(3)8-11(12)13/h4-5,8-9,14H,6-7H2,1-3H3. The SMILES string of the molecule is Cc1ccc(OCCNC(C)C)c(Cl)c1. The Hall–Kier alpha value is -0.730. The lowest BCUT2D eigenvalue weighted by Crippen LogP contribution is -2.27. The molecule has 0 aliphatic carbocycles. The van der Waals surface area contributed by atoms with Crippen molar-refractivity contribution in [2.75, 3.05) is 13.2 Å². The third-order valence-electron chi connectivity index (χ3n) is 2.00. The van der Waals surface area contributed by atoms with Gasteiger partial charge in [0.05, 0.1) is 5.02 Å². The van der Waals surface area contributed by atoms with Crippen LogP contribution in [0.1, 0.15) is 19.4 Å². The molecule has 3 heteroatoms. The highest BCUT2D eigenvalue weighted by molar-refractivity contribution is 6.32. The normalized spacial score (nSPS) is 10.7. The van der Waals surface area contributed by atoms with Crippen LogP contribution in [0.25, 0.3) is 0 Å². The predicted octanol–water partition coefficient (Wildman–Crippen LogP) is 3.03. The Kier molecular flexibility index (Phi) is 4.92. The molecule has 1 aromatic carbocycles. The molecule has 0 spiro atoms. The van der Waals surface area contributed by atoms with Gasteiger partial charge in [0.1, 0.15) is 12.4 Å². The van der Waals surface area contributed by atoms with Crippen LogP contribution in [0.3, 0.4) is 0 Å². The number of aryl methyl sites for hydroxylation is 1. The van der Waals surface area contributed by atoms with Crippen LogP contribution in [0, 0.1) is 6.92 Å². The van der Waals surface area contributed by atoms with Gasteiger partial charge in [0.15, 0.2) is 0 Å². The van der Waals surface area contributed by atoms with E-state index in [4.69, 9.17) is 16.3 Å². The first-order chi connectivity index (χ1) is 7.09. The maximum absolute atomic E-state index is 6.03. The van der Waals surface area contributed by atoms with Gasteiger partial charge in [-0.2, -0.15) is 0 Å². The summed E-state index contributed by atoms with van der Waals surface area (Å²) in [5, 5.41) is 3.96. The molecule has 0 bridgehead atoms. The van der Waals surface area contributed by atoms with Crippen LogP contribution in [-0.4, -0.2) is 19.2 Å². The van der Waals surface area contributed by atoms with Crippen molar-refractivity contribution in [3.8, 4) is 5.75 Å². The number of hydrogen-bond donors (Lipinski definition) is 1. The largest absolute Gasteiger partial charge is 0.491 e. The Morgan fingerprint density at radius 3 is 2.73 bits per heavy atom. The summed E-state index contributed by atoms with van der Waals surface area (Å²) in [6, 6.07) is 6.30. The molecule has 0 atom stereocenters. The minimum atomic E-state index is 0.488. The second kappa shape index (κ2) is 5.99. The monoisotopic (exact) mass is 227 g/mol. The zero-order chi connectivity index (χ0) is 11.3. The Morgan fingerprint density at radius 1 is 1.40 bits per heavy atom. The van der Waals surface area contributed by atoms with Crippen LogP contribution >= 0.6 is 11.6 Å². The maximum atomic E-state index is 6.03. The molecule has 2 nitrogen and oxygen atoms in total. The molecular weight excluding hydrogens is 210 g/mol. The van der Waals surface area contributed by atoms with Gasteiger partial charge in [-0.3, -0.25) is 0 Å². The fourth-order valence-electron chi connectivity index (χ4n) is 1.23. The summed E-state index contributed by atoms with van der Waals surface area (Å²) in [5.74, 6) is 0.757. The Labute approximate surface area is 96.6 Å². The van der Waals surface area contributed by atoms with Crippen molar-refractivity contribution in [3.05, 3.63) is 28.8 Å². The zero-order valence-electron chi connectivity index (χ0n) is 9.51. The summed E-state index contributed by atoms with van der Waals surface area (Å²) in [4.78, 5) is 0. The van der Waals surface area contributed by atoms with Crippen LogP contribution in [0.2, 0.25) is 5.02 Å². The molecule has 0 amide bonds. The Balaban J connectivity index is 2.37. The van der Waals surface area contributed by atoms with Crippen molar-refractivity contribution < 1.29 is 4.74 Å². The minimum Gasteiger partial charge on any atom is -0.491 e. The fourth-order valence-corrected chi connectivity index (χ4v) is 1.52. The molecule has 0 saturated carbocycles. The highest BCUT2D eigenvalue weighted by Crippen LogP contribution is 2.24. The average Bonchev–Trinajstić information content (AvgIpc) is 2.14. The van der Waals surface area contributed by atoms with E-state index in [0.717, 1.165) is 17.9 Å². The average molecular weight is 228 g/mol. The van der Waals surface area contributed by atoms with Gasteiger partial charge in [-0.25, -0.2) is 0 Å². The quantitative estimate of drug-likeness (QED) is 0.781. The summed E-state index contributed by atoms with van der Waals surface area (Å²) in [7, 11) is 0. The van der Waals surface area contributed by atoms with E-state index < -0.39 is 0 Å². The second-order valence-corrected chi connectivity index (χ2v) is 4.30. The van der Waals surface area contributed by atoms with E-state index in [1.807, 2.05) is 25.1 Å². The number of ether oxygens (including phenoxy) is 1. The molecular formula is C12H18ClNO. The van der Waals surface area contributed by atoms with Crippen molar-refractivity contribution >= 4 is 11.6 Å². The van der Waals surface area contributed by atoms with Crippen molar-refractivity contribution in [2.24, 2.45) is 0 Å². The number of rotatable bonds is 5. The molecule has 1 N–H and O–H groups in total. The molecule has 1 rings (SSSR count). The van der Waals surface area contributed by atoms with Gasteiger partial charge in [0.2, 0.25) is 0 Å². The molecule has 0 saturated heterocycles. The maximum Gasteiger partial charge on any atom is 0.137 e. The summed E-state index contributed by atoms with van der Waals surface area (Å²) >= 11 is 6.03. The summed E-state index contributed by atoms with van der Waals surface area (Å²) < 4.78 is 5.55. The molecule has 0 fully saturated rings. The first-order valence-electron chi connectivity index (χ1n) is 5.22. The van der Waals surface area contributed by atoms with E-state index in [1.54, 1.807) is 0 Å². The zero-order valence-corrected chi connectivity index (χ0v) is 10.3. The van der Waals surface area contributed by atoms with Crippen molar-refractivity contribution in [2.45, 2.75) is 26.8 Å². The lowest BCUT2D eigenvalue weighted by atomic mass is 10.2. The highest BCUT2D eigenvalue weighted by Gasteiger charge is 2.01. The smallest absolute Gasteiger partial charge is 0.137 e. The number of benzene rings is 1. The number of halogens is 1.